The van der Waals surface area contributed by atoms with E-state index < -0.39 is 0 Å². The van der Waals surface area contributed by atoms with Gasteiger partial charge in [0.15, 0.2) is 5.13 Å². The molecule has 1 amide bonds. The number of aromatic nitrogens is 1. The Morgan fingerprint density at radius 3 is 3.06 bits per heavy atom. The van der Waals surface area contributed by atoms with Crippen LogP contribution in [0.1, 0.15) is 30.6 Å². The third-order valence-corrected chi connectivity index (χ3v) is 3.58. The lowest BCUT2D eigenvalue weighted by Crippen LogP contribution is -2.19. The third-order valence-electron chi connectivity index (χ3n) is 2.75. The number of nitrogens with zero attached hydrogens (tertiary/aromatic N) is 1. The number of hydrogen-bond donors (Lipinski definition) is 2. The topological polar surface area (TPSA) is 62.2 Å². The van der Waals surface area contributed by atoms with Crippen LogP contribution in [0, 0.1) is 17.8 Å². The van der Waals surface area contributed by atoms with E-state index in [0.717, 1.165) is 30.6 Å². The van der Waals surface area contributed by atoms with Crippen molar-refractivity contribution in [3.05, 3.63) is 11.1 Å². The van der Waals surface area contributed by atoms with Gasteiger partial charge in [-0.2, -0.15) is 0 Å². The first-order valence-corrected chi connectivity index (χ1v) is 6.47. The van der Waals surface area contributed by atoms with Crippen LogP contribution in [-0.2, 0) is 4.79 Å². The molecule has 5 heteroatoms. The maximum atomic E-state index is 11.8. The van der Waals surface area contributed by atoms with Crippen LogP contribution in [0.2, 0.25) is 0 Å². The number of aliphatic hydroxyl groups is 1. The predicted molar refractivity (Wildman–Crippen MR) is 66.7 cm³/mol. The van der Waals surface area contributed by atoms with Crippen molar-refractivity contribution in [1.29, 1.82) is 0 Å². The molecule has 0 atom stereocenters. The molecule has 0 aliphatic heterocycles. The summed E-state index contributed by atoms with van der Waals surface area (Å²) in [4.78, 5) is 16.7. The lowest BCUT2D eigenvalue weighted by Gasteiger charge is -2.06. The number of amides is 1. The van der Waals surface area contributed by atoms with Gasteiger partial charge in [-0.05, 0) is 12.8 Å². The number of carbonyl (C=O) groups is 1. The molecule has 1 fully saturated rings. The van der Waals surface area contributed by atoms with Crippen molar-refractivity contribution in [2.75, 3.05) is 11.9 Å². The summed E-state index contributed by atoms with van der Waals surface area (Å²) in [5.74, 6) is 5.52. The van der Waals surface area contributed by atoms with E-state index in [1.807, 2.05) is 0 Å². The van der Waals surface area contributed by atoms with Gasteiger partial charge in [-0.3, -0.25) is 4.79 Å². The lowest BCUT2D eigenvalue weighted by atomic mass is 10.1. The van der Waals surface area contributed by atoms with E-state index in [1.165, 1.54) is 11.3 Å². The van der Waals surface area contributed by atoms with Gasteiger partial charge in [0.05, 0.1) is 11.1 Å². The van der Waals surface area contributed by atoms with Gasteiger partial charge in [0.25, 0.3) is 0 Å². The largest absolute Gasteiger partial charge is 0.384 e. The van der Waals surface area contributed by atoms with Crippen molar-refractivity contribution in [2.45, 2.75) is 25.7 Å². The molecular formula is C12H14N2O2S. The Balaban J connectivity index is 1.94. The molecule has 0 saturated heterocycles. The molecule has 1 aliphatic carbocycles. The van der Waals surface area contributed by atoms with Gasteiger partial charge in [0.1, 0.15) is 6.61 Å². The Morgan fingerprint density at radius 2 is 2.35 bits per heavy atom. The monoisotopic (exact) mass is 250 g/mol. The summed E-state index contributed by atoms with van der Waals surface area (Å²) in [5, 5.41) is 12.0. The molecule has 4 nitrogen and oxygen atoms in total. The minimum atomic E-state index is -0.165. The highest BCUT2D eigenvalue weighted by Gasteiger charge is 2.23. The van der Waals surface area contributed by atoms with Crippen LogP contribution in [0.3, 0.4) is 0 Å². The molecular weight excluding hydrogens is 236 g/mol. The molecule has 0 spiro atoms. The standard InChI is InChI=1S/C12H14N2O2S/c15-7-3-6-10-8-13-12(17-10)14-11(16)9-4-1-2-5-9/h8-9,15H,1-2,4-5,7H2,(H,13,14,16). The van der Waals surface area contributed by atoms with Crippen LogP contribution >= 0.6 is 11.3 Å². The zero-order chi connectivity index (χ0) is 12.1. The van der Waals surface area contributed by atoms with E-state index in [2.05, 4.69) is 22.1 Å². The Hall–Kier alpha value is -1.38. The van der Waals surface area contributed by atoms with Crippen molar-refractivity contribution in [3.8, 4) is 11.8 Å². The Bertz CT molecular complexity index is 453. The van der Waals surface area contributed by atoms with Crippen LogP contribution in [0.15, 0.2) is 6.20 Å². The van der Waals surface area contributed by atoms with E-state index in [9.17, 15) is 4.79 Å². The van der Waals surface area contributed by atoms with Crippen molar-refractivity contribution < 1.29 is 9.90 Å². The van der Waals surface area contributed by atoms with Crippen LogP contribution < -0.4 is 5.32 Å². The predicted octanol–water partition coefficient (Wildman–Crippen LogP) is 1.62. The highest BCUT2D eigenvalue weighted by Crippen LogP contribution is 2.26. The maximum Gasteiger partial charge on any atom is 0.229 e. The van der Waals surface area contributed by atoms with Gasteiger partial charge in [-0.1, -0.05) is 36.0 Å². The second-order valence-corrected chi connectivity index (χ2v) is 4.99. The number of nitrogens with one attached hydrogen (secondary N) is 1. The second kappa shape index (κ2) is 5.80. The molecule has 90 valence electrons. The molecule has 2 rings (SSSR count). The lowest BCUT2D eigenvalue weighted by molar-refractivity contribution is -0.119. The van der Waals surface area contributed by atoms with Crippen LogP contribution in [0.4, 0.5) is 5.13 Å². The van der Waals surface area contributed by atoms with Gasteiger partial charge < -0.3 is 10.4 Å². The van der Waals surface area contributed by atoms with Gasteiger partial charge in [0.2, 0.25) is 5.91 Å². The molecule has 1 aromatic heterocycles. The van der Waals surface area contributed by atoms with Crippen molar-refractivity contribution in [1.82, 2.24) is 4.98 Å². The molecule has 1 aliphatic rings. The number of thiazole rings is 1. The third kappa shape index (κ3) is 3.29. The minimum absolute atomic E-state index is 0.0681. The Labute approximate surface area is 104 Å². The quantitative estimate of drug-likeness (QED) is 0.784. The molecule has 0 radical (unpaired) electrons. The fourth-order valence-electron chi connectivity index (χ4n) is 1.91. The molecule has 1 aromatic rings. The van der Waals surface area contributed by atoms with Crippen LogP contribution in [-0.4, -0.2) is 22.6 Å². The number of anilines is 1. The Kier molecular flexibility index (Phi) is 4.13. The minimum Gasteiger partial charge on any atom is -0.384 e. The number of carbonyl (C=O) groups excluding carboxylic acids is 1. The zero-order valence-electron chi connectivity index (χ0n) is 9.40. The summed E-state index contributed by atoms with van der Waals surface area (Å²) in [6.45, 7) is -0.165. The fourth-order valence-corrected chi connectivity index (χ4v) is 2.61. The van der Waals surface area contributed by atoms with Crippen molar-refractivity contribution in [2.24, 2.45) is 5.92 Å². The average Bonchev–Trinajstić information content (AvgIpc) is 2.97. The number of aliphatic hydroxyl groups excluding tert-OH is 1. The summed E-state index contributed by atoms with van der Waals surface area (Å²) >= 11 is 1.33. The van der Waals surface area contributed by atoms with E-state index in [-0.39, 0.29) is 18.4 Å². The fraction of sp³-hybridized carbons (Fsp3) is 0.500. The highest BCUT2D eigenvalue weighted by atomic mass is 32.1. The van der Waals surface area contributed by atoms with Gasteiger partial charge in [0, 0.05) is 5.92 Å². The highest BCUT2D eigenvalue weighted by molar-refractivity contribution is 7.16. The summed E-state index contributed by atoms with van der Waals surface area (Å²) in [6.07, 6.45) is 5.85. The molecule has 0 unspecified atom stereocenters. The summed E-state index contributed by atoms with van der Waals surface area (Å²) < 4.78 is 0. The molecule has 1 saturated carbocycles. The SMILES string of the molecule is O=C(Nc1ncc(C#CCO)s1)C1CCCC1. The molecule has 2 N–H and O–H groups in total. The Morgan fingerprint density at radius 1 is 1.59 bits per heavy atom. The van der Waals surface area contributed by atoms with Gasteiger partial charge >= 0.3 is 0 Å². The van der Waals surface area contributed by atoms with Crippen molar-refractivity contribution >= 4 is 22.4 Å². The first-order valence-electron chi connectivity index (χ1n) is 5.66. The van der Waals surface area contributed by atoms with Gasteiger partial charge in [-0.25, -0.2) is 4.98 Å². The number of hydrogen-bond acceptors (Lipinski definition) is 4. The van der Waals surface area contributed by atoms with Crippen LogP contribution in [0.25, 0.3) is 0 Å². The zero-order valence-corrected chi connectivity index (χ0v) is 10.2. The first-order chi connectivity index (χ1) is 8.29. The van der Waals surface area contributed by atoms with E-state index in [4.69, 9.17) is 5.11 Å². The maximum absolute atomic E-state index is 11.8. The normalized spacial score (nSPS) is 15.4. The van der Waals surface area contributed by atoms with Crippen molar-refractivity contribution in [3.63, 3.8) is 0 Å². The average molecular weight is 250 g/mol. The van der Waals surface area contributed by atoms with E-state index >= 15 is 0 Å². The smallest absolute Gasteiger partial charge is 0.229 e. The number of rotatable bonds is 2. The second-order valence-electron chi connectivity index (χ2n) is 3.96. The van der Waals surface area contributed by atoms with Crippen LogP contribution in [0.5, 0.6) is 0 Å². The molecule has 0 bridgehead atoms. The molecule has 0 aromatic carbocycles. The summed E-state index contributed by atoms with van der Waals surface area (Å²) in [7, 11) is 0. The summed E-state index contributed by atoms with van der Waals surface area (Å²) in [6, 6.07) is 0. The van der Waals surface area contributed by atoms with E-state index in [1.54, 1.807) is 6.20 Å². The molecule has 17 heavy (non-hydrogen) atoms. The van der Waals surface area contributed by atoms with E-state index in [0.29, 0.717) is 5.13 Å². The molecule has 1 heterocycles. The van der Waals surface area contributed by atoms with Gasteiger partial charge in [-0.15, -0.1) is 0 Å². The first kappa shape index (κ1) is 12.1. The summed E-state index contributed by atoms with van der Waals surface area (Å²) in [5.41, 5.74) is 0.